The lowest BCUT2D eigenvalue weighted by molar-refractivity contribution is -0.109. The van der Waals surface area contributed by atoms with Crippen molar-refractivity contribution in [3.8, 4) is 0 Å². The number of rotatable bonds is 6. The fraction of sp³-hybridized carbons (Fsp3) is 0.889. The molecule has 0 aliphatic rings. The molecule has 0 amide bonds. The minimum Gasteiger partial charge on any atom is -0.288 e. The Balaban J connectivity index is 4.09. The van der Waals surface area contributed by atoms with Gasteiger partial charge in [-0.25, -0.2) is 22.0 Å². The van der Waals surface area contributed by atoms with Crippen molar-refractivity contribution in [2.45, 2.75) is 44.7 Å². The maximum Gasteiger partial charge on any atom is 0.276 e. The molecule has 1 unspecified atom stereocenters. The summed E-state index contributed by atoms with van der Waals surface area (Å²) in [6.45, 7) is 1.47. The zero-order chi connectivity index (χ0) is 13.0. The molecule has 0 heterocycles. The highest BCUT2D eigenvalue weighted by molar-refractivity contribution is 8.13. The zero-order valence-corrected chi connectivity index (χ0v) is 9.72. The molecule has 0 aromatic heterocycles. The van der Waals surface area contributed by atoms with Crippen molar-refractivity contribution in [2.75, 3.05) is 5.75 Å². The van der Waals surface area contributed by atoms with E-state index in [1.165, 1.54) is 6.92 Å². The average molecular weight is 264 g/mol. The molecular formula is C9H13F5OS. The minimum atomic E-state index is -3.77. The number of hydrogen-bond donors (Lipinski definition) is 0. The molecule has 0 fully saturated rings. The van der Waals surface area contributed by atoms with Gasteiger partial charge in [0.25, 0.3) is 11.8 Å². The van der Waals surface area contributed by atoms with E-state index in [1.54, 1.807) is 0 Å². The maximum atomic E-state index is 13.0. The molecule has 0 saturated carbocycles. The molecule has 0 saturated heterocycles. The van der Waals surface area contributed by atoms with E-state index in [4.69, 9.17) is 0 Å². The summed E-state index contributed by atoms with van der Waals surface area (Å²) in [5, 5.41) is -0.339. The standard InChI is InChI=1S/C9H13F5OS/c1-6(15)16-4-3-9(13,14)5-7(10)8(2,11)12/h7H,3-5H2,1-2H3. The monoisotopic (exact) mass is 264 g/mol. The number of hydrogen-bond acceptors (Lipinski definition) is 2. The third-order valence-electron chi connectivity index (χ3n) is 1.80. The van der Waals surface area contributed by atoms with Crippen LogP contribution in [0.3, 0.4) is 0 Å². The summed E-state index contributed by atoms with van der Waals surface area (Å²) in [6, 6.07) is 0. The highest BCUT2D eigenvalue weighted by Crippen LogP contribution is 2.33. The predicted octanol–water partition coefficient (Wildman–Crippen LogP) is 3.67. The Morgan fingerprint density at radius 3 is 2.19 bits per heavy atom. The van der Waals surface area contributed by atoms with Crippen molar-refractivity contribution in [3.63, 3.8) is 0 Å². The van der Waals surface area contributed by atoms with Gasteiger partial charge in [0, 0.05) is 32.4 Å². The summed E-state index contributed by atoms with van der Waals surface area (Å²) in [5.41, 5.74) is 0. The van der Waals surface area contributed by atoms with Crippen molar-refractivity contribution >= 4 is 16.9 Å². The van der Waals surface area contributed by atoms with E-state index in [0.717, 1.165) is 0 Å². The van der Waals surface area contributed by atoms with E-state index in [0.29, 0.717) is 11.8 Å². The van der Waals surface area contributed by atoms with Crippen LogP contribution in [0.4, 0.5) is 22.0 Å². The summed E-state index contributed by atoms with van der Waals surface area (Å²) in [4.78, 5) is 10.4. The first-order valence-electron chi connectivity index (χ1n) is 4.58. The molecule has 7 heteroatoms. The summed E-state index contributed by atoms with van der Waals surface area (Å²) in [7, 11) is 0. The van der Waals surface area contributed by atoms with E-state index >= 15 is 0 Å². The highest BCUT2D eigenvalue weighted by atomic mass is 32.2. The first-order chi connectivity index (χ1) is 7.04. The topological polar surface area (TPSA) is 17.1 Å². The molecule has 0 radical (unpaired) electrons. The first-order valence-corrected chi connectivity index (χ1v) is 5.56. The van der Waals surface area contributed by atoms with Crippen LogP contribution in [-0.4, -0.2) is 28.9 Å². The molecule has 0 aliphatic heterocycles. The van der Waals surface area contributed by atoms with Gasteiger partial charge in [-0.15, -0.1) is 0 Å². The summed E-state index contributed by atoms with van der Waals surface area (Å²) in [6.07, 6.45) is -5.17. The quantitative estimate of drug-likeness (QED) is 0.681. The van der Waals surface area contributed by atoms with Gasteiger partial charge in [-0.1, -0.05) is 11.8 Å². The SMILES string of the molecule is CC(=O)SCCC(F)(F)CC(F)C(C)(F)F. The van der Waals surface area contributed by atoms with Crippen molar-refractivity contribution < 1.29 is 26.7 Å². The van der Waals surface area contributed by atoms with Crippen molar-refractivity contribution in [3.05, 3.63) is 0 Å². The van der Waals surface area contributed by atoms with Crippen LogP contribution in [0.15, 0.2) is 0 Å². The van der Waals surface area contributed by atoms with Crippen LogP contribution in [0.1, 0.15) is 26.7 Å². The lowest BCUT2D eigenvalue weighted by Crippen LogP contribution is -2.33. The van der Waals surface area contributed by atoms with Gasteiger partial charge in [0.1, 0.15) is 0 Å². The van der Waals surface area contributed by atoms with Gasteiger partial charge in [-0.3, -0.25) is 4.79 Å². The van der Waals surface area contributed by atoms with Crippen LogP contribution in [-0.2, 0) is 4.79 Å². The number of halogens is 5. The molecule has 0 N–H and O–H groups in total. The molecule has 1 atom stereocenters. The van der Waals surface area contributed by atoms with Crippen LogP contribution >= 0.6 is 11.8 Å². The average Bonchev–Trinajstić information content (AvgIpc) is 1.99. The van der Waals surface area contributed by atoms with Gasteiger partial charge in [-0.2, -0.15) is 0 Å². The fourth-order valence-corrected chi connectivity index (χ4v) is 1.58. The van der Waals surface area contributed by atoms with Crippen molar-refractivity contribution in [2.24, 2.45) is 0 Å². The van der Waals surface area contributed by atoms with E-state index in [9.17, 15) is 26.7 Å². The Bertz CT molecular complexity index is 239. The molecule has 16 heavy (non-hydrogen) atoms. The predicted molar refractivity (Wildman–Crippen MR) is 52.8 cm³/mol. The second-order valence-corrected chi connectivity index (χ2v) is 4.85. The largest absolute Gasteiger partial charge is 0.288 e. The van der Waals surface area contributed by atoms with Crippen LogP contribution in [0.2, 0.25) is 0 Å². The van der Waals surface area contributed by atoms with Gasteiger partial charge in [0.2, 0.25) is 0 Å². The molecule has 0 aromatic carbocycles. The molecule has 0 spiro atoms. The van der Waals surface area contributed by atoms with Gasteiger partial charge in [-0.05, 0) is 0 Å². The summed E-state index contributed by atoms with van der Waals surface area (Å²) in [5.74, 6) is -7.48. The van der Waals surface area contributed by atoms with Crippen LogP contribution in [0, 0.1) is 0 Å². The Morgan fingerprint density at radius 1 is 1.31 bits per heavy atom. The second-order valence-electron chi connectivity index (χ2n) is 3.57. The summed E-state index contributed by atoms with van der Waals surface area (Å²) < 4.78 is 63.3. The zero-order valence-electron chi connectivity index (χ0n) is 8.90. The Kier molecular flexibility index (Phi) is 5.72. The van der Waals surface area contributed by atoms with E-state index < -0.39 is 30.9 Å². The molecule has 0 aromatic rings. The maximum absolute atomic E-state index is 13.0. The summed E-state index contributed by atoms with van der Waals surface area (Å²) >= 11 is 0.664. The number of thioether (sulfide) groups is 1. The van der Waals surface area contributed by atoms with E-state index in [-0.39, 0.29) is 17.8 Å². The first kappa shape index (κ1) is 15.7. The van der Waals surface area contributed by atoms with Crippen molar-refractivity contribution in [1.29, 1.82) is 0 Å². The van der Waals surface area contributed by atoms with Gasteiger partial charge >= 0.3 is 0 Å². The molecule has 0 rings (SSSR count). The molecule has 0 bridgehead atoms. The number of carbonyl (C=O) groups is 1. The third-order valence-corrected chi connectivity index (χ3v) is 2.62. The fourth-order valence-electron chi connectivity index (χ4n) is 0.888. The number of alkyl halides is 5. The molecule has 1 nitrogen and oxygen atoms in total. The highest BCUT2D eigenvalue weighted by Gasteiger charge is 2.42. The number of carbonyl (C=O) groups excluding carboxylic acids is 1. The van der Waals surface area contributed by atoms with Crippen molar-refractivity contribution in [1.82, 2.24) is 0 Å². The van der Waals surface area contributed by atoms with E-state index in [2.05, 4.69) is 0 Å². The van der Waals surface area contributed by atoms with Gasteiger partial charge in [0.15, 0.2) is 11.3 Å². The minimum absolute atomic E-state index is 0.204. The van der Waals surface area contributed by atoms with Gasteiger partial charge in [0.05, 0.1) is 0 Å². The lowest BCUT2D eigenvalue weighted by Gasteiger charge is -2.21. The van der Waals surface area contributed by atoms with Crippen LogP contribution in [0.25, 0.3) is 0 Å². The van der Waals surface area contributed by atoms with Gasteiger partial charge < -0.3 is 0 Å². The van der Waals surface area contributed by atoms with Crippen LogP contribution < -0.4 is 0 Å². The lowest BCUT2D eigenvalue weighted by atomic mass is 10.1. The Hall–Kier alpha value is -0.330. The smallest absolute Gasteiger partial charge is 0.276 e. The Morgan fingerprint density at radius 2 is 1.81 bits per heavy atom. The molecule has 0 aliphatic carbocycles. The third kappa shape index (κ3) is 7.03. The molecular weight excluding hydrogens is 251 g/mol. The normalized spacial score (nSPS) is 14.9. The molecule has 96 valence electrons. The van der Waals surface area contributed by atoms with Crippen LogP contribution in [0.5, 0.6) is 0 Å². The van der Waals surface area contributed by atoms with E-state index in [1.807, 2.05) is 0 Å². The Labute approximate surface area is 94.8 Å². The second kappa shape index (κ2) is 5.84.